The monoisotopic (exact) mass is 411 g/mol. The van der Waals surface area contributed by atoms with Crippen LogP contribution >= 0.6 is 0 Å². The highest BCUT2D eigenvalue weighted by Gasteiger charge is 2.30. The Morgan fingerprint density at radius 2 is 1.93 bits per heavy atom. The zero-order valence-corrected chi connectivity index (χ0v) is 17.4. The second kappa shape index (κ2) is 10.4. The zero-order chi connectivity index (χ0) is 21.4. The van der Waals surface area contributed by atoms with Crippen LogP contribution in [0.5, 0.6) is 11.5 Å². The third-order valence-corrected chi connectivity index (χ3v) is 4.82. The van der Waals surface area contributed by atoms with Crippen LogP contribution in [0, 0.1) is 10.1 Å². The molecular weight excluding hydrogens is 382 g/mol. The molecule has 1 aliphatic heterocycles. The van der Waals surface area contributed by atoms with E-state index in [-0.39, 0.29) is 34.9 Å². The summed E-state index contributed by atoms with van der Waals surface area (Å²) >= 11 is 0. The molecule has 1 fully saturated rings. The maximum Gasteiger partial charge on any atom is 0.286 e. The van der Waals surface area contributed by atoms with Gasteiger partial charge in [-0.15, -0.1) is 0 Å². The van der Waals surface area contributed by atoms with Gasteiger partial charge in [0.25, 0.3) is 11.6 Å². The van der Waals surface area contributed by atoms with Crippen LogP contribution in [0.2, 0.25) is 0 Å². The molecule has 1 heterocycles. The van der Waals surface area contributed by atoms with E-state index >= 15 is 0 Å². The molecule has 0 aromatic heterocycles. The van der Waals surface area contributed by atoms with Crippen molar-refractivity contribution in [2.45, 2.75) is 19.4 Å². The first-order valence-electron chi connectivity index (χ1n) is 9.39. The van der Waals surface area contributed by atoms with E-state index in [0.717, 1.165) is 13.1 Å². The number of benzene rings is 1. The molecule has 0 radical (unpaired) electrons. The van der Waals surface area contributed by atoms with Crippen molar-refractivity contribution in [2.24, 2.45) is 0 Å². The lowest BCUT2D eigenvalue weighted by Crippen LogP contribution is -2.55. The Hall–Kier alpha value is -2.43. The third-order valence-electron chi connectivity index (χ3n) is 4.82. The Labute approximate surface area is 170 Å². The van der Waals surface area contributed by atoms with Gasteiger partial charge in [-0.25, -0.2) is 0 Å². The minimum atomic E-state index is -0.606. The molecule has 1 N–H and O–H groups in total. The summed E-state index contributed by atoms with van der Waals surface area (Å²) in [6.07, 6.45) is 0. The van der Waals surface area contributed by atoms with Crippen LogP contribution < -0.4 is 14.8 Å². The summed E-state index contributed by atoms with van der Waals surface area (Å²) in [5, 5.41) is 14.4. The number of carbonyl (C=O) groups excluding carboxylic acids is 1. The van der Waals surface area contributed by atoms with Crippen LogP contribution in [-0.2, 0) is 9.47 Å². The number of ether oxygens (including phenoxy) is 4. The number of nitro groups is 1. The number of amides is 1. The van der Waals surface area contributed by atoms with Crippen molar-refractivity contribution in [3.05, 3.63) is 27.8 Å². The highest BCUT2D eigenvalue weighted by atomic mass is 16.6. The van der Waals surface area contributed by atoms with E-state index in [1.54, 1.807) is 0 Å². The average molecular weight is 411 g/mol. The van der Waals surface area contributed by atoms with Crippen molar-refractivity contribution in [2.75, 3.05) is 60.3 Å². The standard InChI is InChI=1S/C19H29N3O7/c1-19(2,21-5-7-28-8-6-21)13-20-18(23)14-11-16(27-4)17(29-10-9-26-3)12-15(14)22(24)25/h11-12H,5-10,13H2,1-4H3,(H,20,23). The fourth-order valence-corrected chi connectivity index (χ4v) is 3.06. The molecule has 162 valence electrons. The number of nitrogens with zero attached hydrogens (tertiary/aromatic N) is 2. The minimum Gasteiger partial charge on any atom is -0.493 e. The number of nitrogens with one attached hydrogen (secondary N) is 1. The minimum absolute atomic E-state index is 0.0799. The molecule has 0 spiro atoms. The van der Waals surface area contributed by atoms with Gasteiger partial charge >= 0.3 is 0 Å². The summed E-state index contributed by atoms with van der Waals surface area (Å²) in [6, 6.07) is 2.54. The molecule has 0 aliphatic carbocycles. The molecule has 1 aliphatic rings. The maximum atomic E-state index is 12.8. The average Bonchev–Trinajstić information content (AvgIpc) is 2.72. The predicted octanol–water partition coefficient (Wildman–Crippen LogP) is 1.47. The molecule has 1 aromatic rings. The van der Waals surface area contributed by atoms with Crippen LogP contribution in [0.1, 0.15) is 24.2 Å². The van der Waals surface area contributed by atoms with Gasteiger partial charge in [0, 0.05) is 38.3 Å². The lowest BCUT2D eigenvalue weighted by molar-refractivity contribution is -0.385. The van der Waals surface area contributed by atoms with E-state index in [0.29, 0.717) is 26.4 Å². The Balaban J connectivity index is 2.18. The molecule has 1 aromatic carbocycles. The van der Waals surface area contributed by atoms with Crippen molar-refractivity contribution in [1.82, 2.24) is 10.2 Å². The summed E-state index contributed by atoms with van der Waals surface area (Å²) in [7, 11) is 2.93. The van der Waals surface area contributed by atoms with Crippen LogP contribution in [0.4, 0.5) is 5.69 Å². The van der Waals surface area contributed by atoms with Gasteiger partial charge in [-0.1, -0.05) is 0 Å². The molecule has 10 nitrogen and oxygen atoms in total. The summed E-state index contributed by atoms with van der Waals surface area (Å²) < 4.78 is 21.0. The second-order valence-electron chi connectivity index (χ2n) is 7.21. The first-order valence-corrected chi connectivity index (χ1v) is 9.39. The lowest BCUT2D eigenvalue weighted by Gasteiger charge is -2.40. The van der Waals surface area contributed by atoms with Crippen LogP contribution in [0.15, 0.2) is 12.1 Å². The normalized spacial score (nSPS) is 15.0. The molecule has 2 rings (SSSR count). The third kappa shape index (κ3) is 6.02. The van der Waals surface area contributed by atoms with Gasteiger partial charge in [-0.05, 0) is 13.8 Å². The molecular formula is C19H29N3O7. The Kier molecular flexibility index (Phi) is 8.18. The summed E-state index contributed by atoms with van der Waals surface area (Å²) in [4.78, 5) is 25.9. The lowest BCUT2D eigenvalue weighted by atomic mass is 10.0. The van der Waals surface area contributed by atoms with Crippen LogP contribution in [-0.4, -0.2) is 81.6 Å². The van der Waals surface area contributed by atoms with E-state index < -0.39 is 10.8 Å². The van der Waals surface area contributed by atoms with Gasteiger partial charge in [-0.3, -0.25) is 19.8 Å². The molecule has 1 saturated heterocycles. The first kappa shape index (κ1) is 22.9. The van der Waals surface area contributed by atoms with Gasteiger partial charge < -0.3 is 24.3 Å². The van der Waals surface area contributed by atoms with Crippen molar-refractivity contribution in [3.8, 4) is 11.5 Å². The van der Waals surface area contributed by atoms with E-state index in [1.807, 2.05) is 13.8 Å². The van der Waals surface area contributed by atoms with Crippen LogP contribution in [0.25, 0.3) is 0 Å². The number of hydrogen-bond acceptors (Lipinski definition) is 8. The van der Waals surface area contributed by atoms with Crippen molar-refractivity contribution in [3.63, 3.8) is 0 Å². The Morgan fingerprint density at radius 1 is 1.24 bits per heavy atom. The largest absolute Gasteiger partial charge is 0.493 e. The van der Waals surface area contributed by atoms with Crippen molar-refractivity contribution >= 4 is 11.6 Å². The quantitative estimate of drug-likeness (QED) is 0.350. The van der Waals surface area contributed by atoms with E-state index in [1.165, 1.54) is 26.4 Å². The fraction of sp³-hybridized carbons (Fsp3) is 0.632. The second-order valence-corrected chi connectivity index (χ2v) is 7.21. The van der Waals surface area contributed by atoms with Crippen molar-refractivity contribution in [1.29, 1.82) is 0 Å². The number of hydrogen-bond donors (Lipinski definition) is 1. The Morgan fingerprint density at radius 3 is 2.52 bits per heavy atom. The molecule has 0 unspecified atom stereocenters. The Bertz CT molecular complexity index is 718. The highest BCUT2D eigenvalue weighted by molar-refractivity contribution is 5.99. The smallest absolute Gasteiger partial charge is 0.286 e. The van der Waals surface area contributed by atoms with E-state index in [9.17, 15) is 14.9 Å². The van der Waals surface area contributed by atoms with Gasteiger partial charge in [0.2, 0.25) is 0 Å². The summed E-state index contributed by atoms with van der Waals surface area (Å²) in [6.45, 7) is 7.70. The summed E-state index contributed by atoms with van der Waals surface area (Å²) in [5.74, 6) is -0.120. The van der Waals surface area contributed by atoms with Gasteiger partial charge in [0.15, 0.2) is 11.5 Å². The molecule has 10 heteroatoms. The highest BCUT2D eigenvalue weighted by Crippen LogP contribution is 2.34. The predicted molar refractivity (Wildman–Crippen MR) is 106 cm³/mol. The number of methoxy groups -OCH3 is 2. The topological polar surface area (TPSA) is 112 Å². The van der Waals surface area contributed by atoms with E-state index in [4.69, 9.17) is 18.9 Å². The number of rotatable bonds is 10. The SMILES string of the molecule is COCCOc1cc([N+](=O)[O-])c(C(=O)NCC(C)(C)N2CCOCC2)cc1OC. The molecule has 0 bridgehead atoms. The first-order chi connectivity index (χ1) is 13.8. The summed E-state index contributed by atoms with van der Waals surface area (Å²) in [5.41, 5.74) is -0.745. The fourth-order valence-electron chi connectivity index (χ4n) is 3.06. The number of nitro benzene ring substituents is 1. The molecule has 1 amide bonds. The van der Waals surface area contributed by atoms with Gasteiger partial charge in [0.1, 0.15) is 12.2 Å². The number of morpholine rings is 1. The van der Waals surface area contributed by atoms with E-state index in [2.05, 4.69) is 10.2 Å². The van der Waals surface area contributed by atoms with Crippen LogP contribution in [0.3, 0.4) is 0 Å². The van der Waals surface area contributed by atoms with Gasteiger partial charge in [-0.2, -0.15) is 0 Å². The molecule has 29 heavy (non-hydrogen) atoms. The zero-order valence-electron chi connectivity index (χ0n) is 17.4. The van der Waals surface area contributed by atoms with Gasteiger partial charge in [0.05, 0.1) is 37.9 Å². The van der Waals surface area contributed by atoms with Crippen molar-refractivity contribution < 1.29 is 28.7 Å². The number of carbonyl (C=O) groups is 1. The maximum absolute atomic E-state index is 12.8. The molecule has 0 saturated carbocycles. The molecule has 0 atom stereocenters.